The molecule has 0 aliphatic carbocycles. The van der Waals surface area contributed by atoms with E-state index in [0.29, 0.717) is 5.56 Å². The normalized spacial score (nSPS) is 14.0. The number of phenols is 1. The number of aromatic hydroxyl groups is 1. The fraction of sp³-hybridized carbons (Fsp3) is 0.207. The zero-order valence-corrected chi connectivity index (χ0v) is 20.2. The quantitative estimate of drug-likeness (QED) is 0.290. The molecule has 6 heteroatoms. The van der Waals surface area contributed by atoms with Gasteiger partial charge in [0.25, 0.3) is 0 Å². The van der Waals surface area contributed by atoms with Gasteiger partial charge in [-0.25, -0.2) is 4.39 Å². The van der Waals surface area contributed by atoms with Gasteiger partial charge in [0.1, 0.15) is 0 Å². The maximum absolute atomic E-state index is 14.1. The Morgan fingerprint density at radius 2 is 1.91 bits per heavy atom. The lowest BCUT2D eigenvalue weighted by Gasteiger charge is -2.17. The van der Waals surface area contributed by atoms with Gasteiger partial charge in [0.15, 0.2) is 11.6 Å². The Bertz CT molecular complexity index is 1340. The van der Waals surface area contributed by atoms with Crippen LogP contribution in [0.15, 0.2) is 60.8 Å². The van der Waals surface area contributed by atoms with Crippen LogP contribution in [0, 0.1) is 19.2 Å². The van der Waals surface area contributed by atoms with Gasteiger partial charge >= 0.3 is 0 Å². The minimum atomic E-state index is -0.755. The number of halogens is 2. The third-order valence-corrected chi connectivity index (χ3v) is 6.87. The number of pyridine rings is 1. The lowest BCUT2D eigenvalue weighted by atomic mass is 10.00. The van der Waals surface area contributed by atoms with Crippen LogP contribution < -0.4 is 5.32 Å². The summed E-state index contributed by atoms with van der Waals surface area (Å²) in [7, 11) is 0. The van der Waals surface area contributed by atoms with Crippen molar-refractivity contribution < 1.29 is 9.50 Å². The summed E-state index contributed by atoms with van der Waals surface area (Å²) in [6.07, 6.45) is 7.18. The minimum absolute atomic E-state index is 0.0258. The molecule has 0 spiro atoms. The number of phenolic OH excluding ortho intramolecular Hbond substituents is 1. The second-order valence-electron chi connectivity index (χ2n) is 8.94. The van der Waals surface area contributed by atoms with Crippen molar-refractivity contribution in [1.82, 2.24) is 9.88 Å². The SMILES string of the molecule is [CH2][CH]c1cnc2ccc(-c3cc(F)c(O)c(Cl)c3)cc2c1Nc1cccc(CCN2CCCC2)c1. The maximum atomic E-state index is 14.1. The number of anilines is 2. The standard InChI is InChI=1S/C29H27ClFN3O/c1-2-20-18-32-27-9-8-21(22-16-25(30)29(35)26(31)17-22)15-24(27)28(20)33-23-7-5-6-19(14-23)10-13-34-11-3-4-12-34/h2,5-9,14-18,35H,1,3-4,10-13H2,(H,32,33). The Balaban J connectivity index is 1.49. The Morgan fingerprint density at radius 1 is 1.09 bits per heavy atom. The topological polar surface area (TPSA) is 48.4 Å². The lowest BCUT2D eigenvalue weighted by Crippen LogP contribution is -2.21. The Labute approximate surface area is 210 Å². The molecule has 35 heavy (non-hydrogen) atoms. The largest absolute Gasteiger partial charge is 0.504 e. The van der Waals surface area contributed by atoms with E-state index in [1.54, 1.807) is 18.7 Å². The number of likely N-dealkylation sites (tertiary alicyclic amines) is 1. The van der Waals surface area contributed by atoms with Crippen LogP contribution in [0.1, 0.15) is 24.0 Å². The molecule has 1 aromatic heterocycles. The van der Waals surface area contributed by atoms with E-state index in [4.69, 9.17) is 11.6 Å². The molecule has 2 heterocycles. The Hall–Kier alpha value is -3.15. The molecule has 5 rings (SSSR count). The average Bonchev–Trinajstić information content (AvgIpc) is 3.40. The predicted molar refractivity (Wildman–Crippen MR) is 142 cm³/mol. The number of rotatable bonds is 7. The van der Waals surface area contributed by atoms with E-state index in [1.807, 2.05) is 18.2 Å². The first-order chi connectivity index (χ1) is 17.0. The molecule has 0 bridgehead atoms. The highest BCUT2D eigenvalue weighted by molar-refractivity contribution is 6.32. The molecule has 1 fully saturated rings. The smallest absolute Gasteiger partial charge is 0.170 e. The predicted octanol–water partition coefficient (Wildman–Crippen LogP) is 7.17. The summed E-state index contributed by atoms with van der Waals surface area (Å²) in [6, 6.07) is 17.0. The van der Waals surface area contributed by atoms with Crippen LogP contribution in [0.5, 0.6) is 5.75 Å². The van der Waals surface area contributed by atoms with Gasteiger partial charge in [0.05, 0.1) is 16.2 Å². The molecule has 2 N–H and O–H groups in total. The van der Waals surface area contributed by atoms with Crippen molar-refractivity contribution in [2.75, 3.05) is 25.0 Å². The van der Waals surface area contributed by atoms with Crippen molar-refractivity contribution in [3.05, 3.63) is 96.1 Å². The van der Waals surface area contributed by atoms with Crippen molar-refractivity contribution in [2.45, 2.75) is 19.3 Å². The summed E-state index contributed by atoms with van der Waals surface area (Å²) >= 11 is 6.02. The monoisotopic (exact) mass is 487 g/mol. The van der Waals surface area contributed by atoms with Crippen molar-refractivity contribution in [2.24, 2.45) is 0 Å². The zero-order valence-electron chi connectivity index (χ0n) is 19.4. The molecule has 1 aliphatic heterocycles. The number of nitrogens with one attached hydrogen (secondary N) is 1. The van der Waals surface area contributed by atoms with Gasteiger partial charge < -0.3 is 15.3 Å². The van der Waals surface area contributed by atoms with E-state index in [-0.39, 0.29) is 5.02 Å². The van der Waals surface area contributed by atoms with Crippen LogP contribution in [-0.4, -0.2) is 34.6 Å². The summed E-state index contributed by atoms with van der Waals surface area (Å²) < 4.78 is 14.1. The van der Waals surface area contributed by atoms with Crippen LogP contribution in [-0.2, 0) is 6.42 Å². The molecule has 0 amide bonds. The molecular formula is C29H27ClFN3O. The molecule has 0 atom stereocenters. The molecule has 0 unspecified atom stereocenters. The average molecular weight is 488 g/mol. The van der Waals surface area contributed by atoms with E-state index >= 15 is 0 Å². The van der Waals surface area contributed by atoms with Crippen LogP contribution in [0.2, 0.25) is 5.02 Å². The van der Waals surface area contributed by atoms with E-state index in [9.17, 15) is 9.50 Å². The Morgan fingerprint density at radius 3 is 2.69 bits per heavy atom. The van der Waals surface area contributed by atoms with Gasteiger partial charge in [-0.3, -0.25) is 4.98 Å². The summed E-state index contributed by atoms with van der Waals surface area (Å²) in [6.45, 7) is 7.44. The lowest BCUT2D eigenvalue weighted by molar-refractivity contribution is 0.343. The third kappa shape index (κ3) is 5.12. The molecule has 0 saturated carbocycles. The summed E-state index contributed by atoms with van der Waals surface area (Å²) in [5, 5.41) is 14.1. The van der Waals surface area contributed by atoms with Gasteiger partial charge in [0, 0.05) is 23.8 Å². The fourth-order valence-corrected chi connectivity index (χ4v) is 4.86. The van der Waals surface area contributed by atoms with E-state index < -0.39 is 11.6 Å². The third-order valence-electron chi connectivity index (χ3n) is 6.58. The van der Waals surface area contributed by atoms with Gasteiger partial charge in [-0.1, -0.05) is 29.8 Å². The first-order valence-corrected chi connectivity index (χ1v) is 12.2. The fourth-order valence-electron chi connectivity index (χ4n) is 4.66. The number of fused-ring (bicyclic) bond motifs is 1. The molecule has 4 nitrogen and oxygen atoms in total. The second-order valence-corrected chi connectivity index (χ2v) is 9.34. The van der Waals surface area contributed by atoms with Crippen molar-refractivity contribution >= 4 is 33.9 Å². The van der Waals surface area contributed by atoms with Crippen LogP contribution in [0.3, 0.4) is 0 Å². The van der Waals surface area contributed by atoms with E-state index in [2.05, 4.69) is 46.4 Å². The first-order valence-electron chi connectivity index (χ1n) is 11.8. The summed E-state index contributed by atoms with van der Waals surface area (Å²) in [5.74, 6) is -1.30. The van der Waals surface area contributed by atoms with Crippen molar-refractivity contribution in [1.29, 1.82) is 0 Å². The van der Waals surface area contributed by atoms with Gasteiger partial charge in [0.2, 0.25) is 0 Å². The molecule has 4 aromatic rings. The highest BCUT2D eigenvalue weighted by Crippen LogP contribution is 2.36. The molecular weight excluding hydrogens is 461 g/mol. The minimum Gasteiger partial charge on any atom is -0.504 e. The van der Waals surface area contributed by atoms with Crippen LogP contribution >= 0.6 is 11.6 Å². The summed E-state index contributed by atoms with van der Waals surface area (Å²) in [5.41, 5.74) is 6.17. The van der Waals surface area contributed by atoms with Gasteiger partial charge in [-0.15, -0.1) is 0 Å². The van der Waals surface area contributed by atoms with Gasteiger partial charge in [-0.2, -0.15) is 0 Å². The number of aromatic nitrogens is 1. The number of benzene rings is 3. The number of nitrogens with zero attached hydrogens (tertiary/aromatic N) is 2. The maximum Gasteiger partial charge on any atom is 0.170 e. The number of hydrogen-bond donors (Lipinski definition) is 2. The second kappa shape index (κ2) is 10.2. The van der Waals surface area contributed by atoms with Crippen LogP contribution in [0.25, 0.3) is 22.0 Å². The van der Waals surface area contributed by atoms with Crippen LogP contribution in [0.4, 0.5) is 15.8 Å². The van der Waals surface area contributed by atoms with Gasteiger partial charge in [-0.05, 0) is 104 Å². The highest BCUT2D eigenvalue weighted by Gasteiger charge is 2.14. The Kier molecular flexibility index (Phi) is 6.89. The number of hydrogen-bond acceptors (Lipinski definition) is 4. The molecule has 1 saturated heterocycles. The summed E-state index contributed by atoms with van der Waals surface area (Å²) in [4.78, 5) is 7.09. The zero-order chi connectivity index (χ0) is 24.4. The first kappa shape index (κ1) is 23.6. The van der Waals surface area contributed by atoms with E-state index in [1.165, 1.54) is 37.6 Å². The molecule has 1 aliphatic rings. The molecule has 2 radical (unpaired) electrons. The molecule has 3 aromatic carbocycles. The van der Waals surface area contributed by atoms with E-state index in [0.717, 1.165) is 46.4 Å². The van der Waals surface area contributed by atoms with Crippen molar-refractivity contribution in [3.8, 4) is 16.9 Å². The highest BCUT2D eigenvalue weighted by atomic mass is 35.5. The molecule has 178 valence electrons. The van der Waals surface area contributed by atoms with Crippen molar-refractivity contribution in [3.63, 3.8) is 0 Å².